The smallest absolute Gasteiger partial charge is 0.231 e. The summed E-state index contributed by atoms with van der Waals surface area (Å²) in [5, 5.41) is 2.90. The summed E-state index contributed by atoms with van der Waals surface area (Å²) in [6, 6.07) is 3.68. The van der Waals surface area contributed by atoms with Gasteiger partial charge in [-0.25, -0.2) is 0 Å². The number of carbonyl (C=O) groups excluding carboxylic acids is 1. The highest BCUT2D eigenvalue weighted by Gasteiger charge is 2.14. The predicted molar refractivity (Wildman–Crippen MR) is 70.8 cm³/mol. The zero-order valence-corrected chi connectivity index (χ0v) is 10.6. The van der Waals surface area contributed by atoms with Crippen LogP contribution in [0.15, 0.2) is 31.0 Å². The molecule has 1 amide bonds. The summed E-state index contributed by atoms with van der Waals surface area (Å²) in [7, 11) is 0. The van der Waals surface area contributed by atoms with E-state index in [4.69, 9.17) is 0 Å². The fourth-order valence-electron chi connectivity index (χ4n) is 1.62. The van der Waals surface area contributed by atoms with Crippen molar-refractivity contribution in [2.45, 2.75) is 33.1 Å². The van der Waals surface area contributed by atoms with Crippen LogP contribution < -0.4 is 5.32 Å². The standard InChI is InChI=1S/C14H20N2O/c1-4-6-8-12(5-2)14(17)16-13-9-7-10-15-11(13)3/h5,7,9-10,12H,2,4,6,8H2,1,3H3,(H,16,17). The van der Waals surface area contributed by atoms with E-state index in [0.717, 1.165) is 30.6 Å². The molecule has 1 aromatic rings. The second-order valence-corrected chi connectivity index (χ2v) is 4.11. The van der Waals surface area contributed by atoms with Crippen LogP contribution in [0.25, 0.3) is 0 Å². The molecule has 0 aliphatic rings. The number of rotatable bonds is 6. The summed E-state index contributed by atoms with van der Waals surface area (Å²) >= 11 is 0. The van der Waals surface area contributed by atoms with Crippen molar-refractivity contribution in [3.05, 3.63) is 36.7 Å². The van der Waals surface area contributed by atoms with E-state index in [2.05, 4.69) is 23.8 Å². The monoisotopic (exact) mass is 232 g/mol. The van der Waals surface area contributed by atoms with Crippen molar-refractivity contribution in [3.8, 4) is 0 Å². The largest absolute Gasteiger partial charge is 0.324 e. The number of aryl methyl sites for hydroxylation is 1. The number of unbranched alkanes of at least 4 members (excludes halogenated alkanes) is 1. The Labute approximate surface area is 103 Å². The molecule has 0 radical (unpaired) electrons. The molecular weight excluding hydrogens is 212 g/mol. The fraction of sp³-hybridized carbons (Fsp3) is 0.429. The molecule has 3 heteroatoms. The lowest BCUT2D eigenvalue weighted by atomic mass is 10.0. The molecule has 0 aliphatic carbocycles. The summed E-state index contributed by atoms with van der Waals surface area (Å²) in [4.78, 5) is 16.1. The molecule has 0 fully saturated rings. The molecule has 17 heavy (non-hydrogen) atoms. The highest BCUT2D eigenvalue weighted by atomic mass is 16.1. The average molecular weight is 232 g/mol. The molecule has 1 aromatic heterocycles. The van der Waals surface area contributed by atoms with E-state index in [1.807, 2.05) is 19.1 Å². The molecule has 1 unspecified atom stereocenters. The number of amides is 1. The summed E-state index contributed by atoms with van der Waals surface area (Å²) in [6.07, 6.45) is 6.41. The zero-order valence-electron chi connectivity index (χ0n) is 10.6. The fourth-order valence-corrected chi connectivity index (χ4v) is 1.62. The van der Waals surface area contributed by atoms with Crippen LogP contribution in [0.2, 0.25) is 0 Å². The molecule has 0 spiro atoms. The number of pyridine rings is 1. The van der Waals surface area contributed by atoms with Gasteiger partial charge in [-0.15, -0.1) is 6.58 Å². The van der Waals surface area contributed by atoms with Crippen LogP contribution in [0.1, 0.15) is 31.9 Å². The number of carbonyl (C=O) groups is 1. The zero-order chi connectivity index (χ0) is 12.7. The molecule has 0 aliphatic heterocycles. The Hall–Kier alpha value is -1.64. The minimum absolute atomic E-state index is 0.00421. The van der Waals surface area contributed by atoms with Crippen LogP contribution in [0.4, 0.5) is 5.69 Å². The third-order valence-corrected chi connectivity index (χ3v) is 2.75. The average Bonchev–Trinajstić information content (AvgIpc) is 2.33. The van der Waals surface area contributed by atoms with Crippen LogP contribution in [0, 0.1) is 12.8 Å². The van der Waals surface area contributed by atoms with E-state index < -0.39 is 0 Å². The van der Waals surface area contributed by atoms with Gasteiger partial charge in [-0.2, -0.15) is 0 Å². The highest BCUT2D eigenvalue weighted by molar-refractivity contribution is 5.94. The SMILES string of the molecule is C=CC(CCCC)C(=O)Nc1cccnc1C. The maximum absolute atomic E-state index is 12.0. The minimum atomic E-state index is -0.116. The van der Waals surface area contributed by atoms with Crippen LogP contribution >= 0.6 is 0 Å². The van der Waals surface area contributed by atoms with Gasteiger partial charge < -0.3 is 5.32 Å². The van der Waals surface area contributed by atoms with Crippen LogP contribution in [-0.4, -0.2) is 10.9 Å². The van der Waals surface area contributed by atoms with Gasteiger partial charge in [0, 0.05) is 6.20 Å². The third kappa shape index (κ3) is 4.02. The van der Waals surface area contributed by atoms with Crippen LogP contribution in [0.3, 0.4) is 0 Å². The Bertz CT molecular complexity index is 388. The van der Waals surface area contributed by atoms with Gasteiger partial charge in [0.1, 0.15) is 0 Å². The lowest BCUT2D eigenvalue weighted by molar-refractivity contribution is -0.118. The van der Waals surface area contributed by atoms with Crippen molar-refractivity contribution in [2.24, 2.45) is 5.92 Å². The topological polar surface area (TPSA) is 42.0 Å². The lowest BCUT2D eigenvalue weighted by Gasteiger charge is -2.13. The Morgan fingerprint density at radius 2 is 2.41 bits per heavy atom. The number of nitrogens with one attached hydrogen (secondary N) is 1. The number of anilines is 1. The number of aromatic nitrogens is 1. The first-order valence-electron chi connectivity index (χ1n) is 6.04. The van der Waals surface area contributed by atoms with Crippen molar-refractivity contribution in [3.63, 3.8) is 0 Å². The molecule has 1 atom stereocenters. The first kappa shape index (κ1) is 13.4. The van der Waals surface area contributed by atoms with Crippen LogP contribution in [0.5, 0.6) is 0 Å². The van der Waals surface area contributed by atoms with Gasteiger partial charge in [-0.1, -0.05) is 25.8 Å². The molecule has 0 aromatic carbocycles. The predicted octanol–water partition coefficient (Wildman–Crippen LogP) is 3.32. The first-order valence-corrected chi connectivity index (χ1v) is 6.04. The molecule has 0 saturated heterocycles. The second kappa shape index (κ2) is 6.84. The minimum Gasteiger partial charge on any atom is -0.324 e. The van der Waals surface area contributed by atoms with E-state index in [-0.39, 0.29) is 11.8 Å². The molecule has 0 bridgehead atoms. The van der Waals surface area contributed by atoms with E-state index >= 15 is 0 Å². The molecule has 1 N–H and O–H groups in total. The van der Waals surface area contributed by atoms with E-state index in [9.17, 15) is 4.79 Å². The van der Waals surface area contributed by atoms with Crippen molar-refractivity contribution in [2.75, 3.05) is 5.32 Å². The molecule has 1 heterocycles. The Morgan fingerprint density at radius 3 is 3.00 bits per heavy atom. The van der Waals surface area contributed by atoms with Gasteiger partial charge in [0.25, 0.3) is 0 Å². The molecule has 92 valence electrons. The Kier molecular flexibility index (Phi) is 5.40. The van der Waals surface area contributed by atoms with Gasteiger partial charge in [-0.05, 0) is 25.5 Å². The van der Waals surface area contributed by atoms with Crippen molar-refractivity contribution in [1.82, 2.24) is 4.98 Å². The van der Waals surface area contributed by atoms with Gasteiger partial charge in [0.2, 0.25) is 5.91 Å². The number of nitrogens with zero attached hydrogens (tertiary/aromatic N) is 1. The van der Waals surface area contributed by atoms with Crippen molar-refractivity contribution in [1.29, 1.82) is 0 Å². The molecular formula is C14H20N2O. The van der Waals surface area contributed by atoms with Crippen LogP contribution in [-0.2, 0) is 4.79 Å². The maximum atomic E-state index is 12.0. The van der Waals surface area contributed by atoms with Gasteiger partial charge >= 0.3 is 0 Å². The summed E-state index contributed by atoms with van der Waals surface area (Å²) in [5.41, 5.74) is 1.61. The Morgan fingerprint density at radius 1 is 1.65 bits per heavy atom. The third-order valence-electron chi connectivity index (χ3n) is 2.75. The first-order chi connectivity index (χ1) is 8.19. The normalized spacial score (nSPS) is 11.9. The van der Waals surface area contributed by atoms with Crippen molar-refractivity contribution >= 4 is 11.6 Å². The van der Waals surface area contributed by atoms with Crippen molar-refractivity contribution < 1.29 is 4.79 Å². The lowest BCUT2D eigenvalue weighted by Crippen LogP contribution is -2.21. The summed E-state index contributed by atoms with van der Waals surface area (Å²) < 4.78 is 0. The summed E-state index contributed by atoms with van der Waals surface area (Å²) in [5.74, 6) is -0.112. The maximum Gasteiger partial charge on any atom is 0.231 e. The van der Waals surface area contributed by atoms with E-state index in [1.54, 1.807) is 12.3 Å². The highest BCUT2D eigenvalue weighted by Crippen LogP contribution is 2.15. The van der Waals surface area contributed by atoms with E-state index in [1.165, 1.54) is 0 Å². The molecule has 3 nitrogen and oxygen atoms in total. The summed E-state index contributed by atoms with van der Waals surface area (Å²) in [6.45, 7) is 7.72. The van der Waals surface area contributed by atoms with E-state index in [0.29, 0.717) is 0 Å². The van der Waals surface area contributed by atoms with Gasteiger partial charge in [0.15, 0.2) is 0 Å². The quantitative estimate of drug-likeness (QED) is 0.764. The van der Waals surface area contributed by atoms with Gasteiger partial charge in [-0.3, -0.25) is 9.78 Å². The molecule has 0 saturated carbocycles. The molecule has 1 rings (SSSR count). The number of hydrogen-bond acceptors (Lipinski definition) is 2. The second-order valence-electron chi connectivity index (χ2n) is 4.11. The Balaban J connectivity index is 2.64. The number of hydrogen-bond donors (Lipinski definition) is 1. The van der Waals surface area contributed by atoms with Gasteiger partial charge in [0.05, 0.1) is 17.3 Å².